The van der Waals surface area contributed by atoms with E-state index in [2.05, 4.69) is 18.7 Å². The van der Waals surface area contributed by atoms with E-state index in [4.69, 9.17) is 4.74 Å². The second kappa shape index (κ2) is 7.56. The van der Waals surface area contributed by atoms with Crippen LogP contribution in [-0.2, 0) is 4.74 Å². The molecule has 0 aliphatic carbocycles. The maximum absolute atomic E-state index is 5.32. The minimum Gasteiger partial charge on any atom is -0.379 e. The van der Waals surface area contributed by atoms with Crippen molar-refractivity contribution in [2.75, 3.05) is 26.3 Å². The van der Waals surface area contributed by atoms with Crippen LogP contribution in [0.15, 0.2) is 0 Å². The van der Waals surface area contributed by atoms with E-state index in [1.54, 1.807) is 0 Å². The highest BCUT2D eigenvalue weighted by Crippen LogP contribution is 2.05. The fourth-order valence-corrected chi connectivity index (χ4v) is 1.38. The molecular formula is C10H23NO. The van der Waals surface area contributed by atoms with Crippen molar-refractivity contribution in [2.24, 2.45) is 0 Å². The largest absolute Gasteiger partial charge is 0.379 e. The van der Waals surface area contributed by atoms with Crippen LogP contribution in [-0.4, -0.2) is 37.2 Å². The summed E-state index contributed by atoms with van der Waals surface area (Å²) in [5.41, 5.74) is 0. The number of hydrogen-bond acceptors (Lipinski definition) is 2. The van der Waals surface area contributed by atoms with Gasteiger partial charge < -0.3 is 4.74 Å². The highest BCUT2D eigenvalue weighted by atomic mass is 16.5. The molecular weight excluding hydrogens is 150 g/mol. The maximum atomic E-state index is 5.32. The zero-order valence-electron chi connectivity index (χ0n) is 8.97. The summed E-state index contributed by atoms with van der Waals surface area (Å²) in [6.07, 6.45) is 1.25. The molecule has 0 bridgehead atoms. The van der Waals surface area contributed by atoms with Crippen LogP contribution in [0.5, 0.6) is 0 Å². The average molecular weight is 173 g/mol. The second-order valence-electron chi connectivity index (χ2n) is 2.96. The Morgan fingerprint density at radius 2 is 2.08 bits per heavy atom. The van der Waals surface area contributed by atoms with E-state index in [-0.39, 0.29) is 0 Å². The van der Waals surface area contributed by atoms with Crippen LogP contribution in [0.2, 0.25) is 0 Å². The second-order valence-corrected chi connectivity index (χ2v) is 2.96. The highest BCUT2D eigenvalue weighted by molar-refractivity contribution is 4.69. The molecule has 1 atom stereocenters. The van der Waals surface area contributed by atoms with Crippen LogP contribution in [0.3, 0.4) is 0 Å². The predicted molar refractivity (Wildman–Crippen MR) is 53.5 cm³/mol. The van der Waals surface area contributed by atoms with Gasteiger partial charge in [-0.3, -0.25) is 4.90 Å². The first-order chi connectivity index (χ1) is 5.84. The Kier molecular flexibility index (Phi) is 7.51. The maximum Gasteiger partial charge on any atom is 0.0619 e. The number of morpholine rings is 1. The minimum absolute atomic E-state index is 0.633. The summed E-state index contributed by atoms with van der Waals surface area (Å²) in [4.78, 5) is 2.49. The van der Waals surface area contributed by atoms with Crippen LogP contribution >= 0.6 is 0 Å². The first-order valence-corrected chi connectivity index (χ1v) is 5.16. The lowest BCUT2D eigenvalue weighted by atomic mass is 10.2. The molecule has 1 fully saturated rings. The Hall–Kier alpha value is -0.0800. The van der Waals surface area contributed by atoms with Gasteiger partial charge in [-0.05, 0) is 19.9 Å². The van der Waals surface area contributed by atoms with Gasteiger partial charge in [-0.1, -0.05) is 20.8 Å². The molecule has 1 heterocycles. The SMILES string of the molecule is CC.CCCN1CCOCC1C. The summed E-state index contributed by atoms with van der Waals surface area (Å²) in [6.45, 7) is 12.6. The molecule has 1 rings (SSSR count). The van der Waals surface area contributed by atoms with Crippen molar-refractivity contribution in [3.8, 4) is 0 Å². The normalized spacial score (nSPS) is 24.5. The number of hydrogen-bond donors (Lipinski definition) is 0. The summed E-state index contributed by atoms with van der Waals surface area (Å²) < 4.78 is 5.32. The standard InChI is InChI=1S/C8H17NO.C2H6/c1-3-4-9-5-6-10-7-8(9)2;1-2/h8H,3-7H2,1-2H3;1-2H3. The zero-order chi connectivity index (χ0) is 9.40. The van der Waals surface area contributed by atoms with E-state index in [9.17, 15) is 0 Å². The molecule has 1 unspecified atom stereocenters. The van der Waals surface area contributed by atoms with E-state index < -0.39 is 0 Å². The van der Waals surface area contributed by atoms with Gasteiger partial charge >= 0.3 is 0 Å². The molecule has 0 aromatic carbocycles. The number of nitrogens with zero attached hydrogens (tertiary/aromatic N) is 1. The molecule has 0 spiro atoms. The van der Waals surface area contributed by atoms with Crippen molar-refractivity contribution in [1.82, 2.24) is 4.90 Å². The van der Waals surface area contributed by atoms with Crippen molar-refractivity contribution < 1.29 is 4.74 Å². The Balaban J connectivity index is 0.000000561. The third-order valence-corrected chi connectivity index (χ3v) is 2.02. The summed E-state index contributed by atoms with van der Waals surface area (Å²) in [6, 6.07) is 0.633. The first-order valence-electron chi connectivity index (χ1n) is 5.16. The first kappa shape index (κ1) is 11.9. The summed E-state index contributed by atoms with van der Waals surface area (Å²) >= 11 is 0. The van der Waals surface area contributed by atoms with Gasteiger partial charge in [0.15, 0.2) is 0 Å². The van der Waals surface area contributed by atoms with E-state index in [0.29, 0.717) is 6.04 Å². The van der Waals surface area contributed by atoms with Gasteiger partial charge in [0.1, 0.15) is 0 Å². The molecule has 74 valence electrons. The van der Waals surface area contributed by atoms with Gasteiger partial charge in [0.05, 0.1) is 13.2 Å². The molecule has 0 N–H and O–H groups in total. The van der Waals surface area contributed by atoms with Crippen molar-refractivity contribution in [3.05, 3.63) is 0 Å². The Morgan fingerprint density at radius 3 is 2.58 bits per heavy atom. The van der Waals surface area contributed by atoms with Crippen molar-refractivity contribution in [2.45, 2.75) is 40.2 Å². The smallest absolute Gasteiger partial charge is 0.0619 e. The molecule has 1 aliphatic rings. The van der Waals surface area contributed by atoms with Crippen molar-refractivity contribution in [1.29, 1.82) is 0 Å². The molecule has 12 heavy (non-hydrogen) atoms. The third kappa shape index (κ3) is 4.07. The monoisotopic (exact) mass is 173 g/mol. The number of ether oxygens (including phenoxy) is 1. The molecule has 0 aromatic rings. The quantitative estimate of drug-likeness (QED) is 0.634. The molecule has 2 heteroatoms. The van der Waals surface area contributed by atoms with E-state index in [1.807, 2.05) is 13.8 Å². The predicted octanol–water partition coefficient (Wildman–Crippen LogP) is 2.14. The molecule has 0 saturated carbocycles. The van der Waals surface area contributed by atoms with Gasteiger partial charge in [0.2, 0.25) is 0 Å². The highest BCUT2D eigenvalue weighted by Gasteiger charge is 2.16. The lowest BCUT2D eigenvalue weighted by Crippen LogP contribution is -2.43. The van der Waals surface area contributed by atoms with Crippen molar-refractivity contribution >= 4 is 0 Å². The fourth-order valence-electron chi connectivity index (χ4n) is 1.38. The minimum atomic E-state index is 0.633. The van der Waals surface area contributed by atoms with Crippen LogP contribution < -0.4 is 0 Å². The molecule has 0 amide bonds. The van der Waals surface area contributed by atoms with Gasteiger partial charge in [-0.15, -0.1) is 0 Å². The lowest BCUT2D eigenvalue weighted by molar-refractivity contribution is -0.0000899. The Morgan fingerprint density at radius 1 is 1.42 bits per heavy atom. The van der Waals surface area contributed by atoms with Crippen LogP contribution in [0.1, 0.15) is 34.1 Å². The molecule has 0 radical (unpaired) electrons. The van der Waals surface area contributed by atoms with Crippen LogP contribution in [0.25, 0.3) is 0 Å². The number of rotatable bonds is 2. The van der Waals surface area contributed by atoms with Gasteiger partial charge in [-0.25, -0.2) is 0 Å². The molecule has 1 aliphatic heterocycles. The Labute approximate surface area is 76.9 Å². The third-order valence-electron chi connectivity index (χ3n) is 2.02. The van der Waals surface area contributed by atoms with Gasteiger partial charge in [-0.2, -0.15) is 0 Å². The van der Waals surface area contributed by atoms with Crippen molar-refractivity contribution in [3.63, 3.8) is 0 Å². The van der Waals surface area contributed by atoms with Gasteiger partial charge in [0.25, 0.3) is 0 Å². The van der Waals surface area contributed by atoms with Crippen LogP contribution in [0, 0.1) is 0 Å². The molecule has 0 aromatic heterocycles. The van der Waals surface area contributed by atoms with Gasteiger partial charge in [0, 0.05) is 12.6 Å². The fraction of sp³-hybridized carbons (Fsp3) is 1.00. The Bertz CT molecular complexity index is 93.8. The van der Waals surface area contributed by atoms with E-state index in [0.717, 1.165) is 19.8 Å². The van der Waals surface area contributed by atoms with E-state index >= 15 is 0 Å². The summed E-state index contributed by atoms with van der Waals surface area (Å²) in [5.74, 6) is 0. The topological polar surface area (TPSA) is 12.5 Å². The molecule has 1 saturated heterocycles. The van der Waals surface area contributed by atoms with E-state index in [1.165, 1.54) is 13.0 Å². The summed E-state index contributed by atoms with van der Waals surface area (Å²) in [5, 5.41) is 0. The zero-order valence-corrected chi connectivity index (χ0v) is 8.97. The molecule has 2 nitrogen and oxygen atoms in total. The van der Waals surface area contributed by atoms with Crippen LogP contribution in [0.4, 0.5) is 0 Å². The summed E-state index contributed by atoms with van der Waals surface area (Å²) in [7, 11) is 0. The lowest BCUT2D eigenvalue weighted by Gasteiger charge is -2.32. The average Bonchev–Trinajstić information content (AvgIpc) is 2.13.